The van der Waals surface area contributed by atoms with Crippen LogP contribution in [0.4, 0.5) is 0 Å². The molecule has 0 bridgehead atoms. The molecular weight excluding hydrogens is 423 g/mol. The molecule has 0 aliphatic carbocycles. The molecule has 2 heterocycles. The Hall–Kier alpha value is -1.52. The van der Waals surface area contributed by atoms with Gasteiger partial charge in [0.1, 0.15) is 0 Å². The van der Waals surface area contributed by atoms with Crippen LogP contribution in [0.5, 0.6) is 0 Å². The van der Waals surface area contributed by atoms with E-state index in [1.54, 1.807) is 9.63 Å². The van der Waals surface area contributed by atoms with Crippen LogP contribution >= 0.6 is 0 Å². The summed E-state index contributed by atoms with van der Waals surface area (Å²) in [6.45, 7) is -0.118. The molecule has 1 amide bonds. The molecule has 148 valence electrons. The molecule has 3 rings (SSSR count). The Morgan fingerprint density at radius 1 is 1.19 bits per heavy atom. The number of nitrogens with zero attached hydrogens (tertiary/aromatic N) is 1. The van der Waals surface area contributed by atoms with Gasteiger partial charge in [-0.1, -0.05) is 0 Å². The molecule has 1 aromatic heterocycles. The van der Waals surface area contributed by atoms with E-state index in [0.717, 1.165) is 4.26 Å². The summed E-state index contributed by atoms with van der Waals surface area (Å²) in [6, 6.07) is 7.44. The van der Waals surface area contributed by atoms with Crippen molar-refractivity contribution >= 4 is 30.3 Å². The number of aromatic nitrogens is 1. The Balaban J connectivity index is 1.53. The first kappa shape index (κ1) is 20.2. The fourth-order valence-corrected chi connectivity index (χ4v) is 5.17. The predicted molar refractivity (Wildman–Crippen MR) is 96.3 cm³/mol. The Morgan fingerprint density at radius 3 is 2.63 bits per heavy atom. The van der Waals surface area contributed by atoms with E-state index in [-0.39, 0.29) is 26.7 Å². The number of aliphatic hydroxyl groups excluding tert-OH is 4. The molecule has 5 N–H and O–H groups in total. The summed E-state index contributed by atoms with van der Waals surface area (Å²) in [4.78, 5) is 24.4. The fourth-order valence-electron chi connectivity index (χ4n) is 3.00. The minimum atomic E-state index is -1.54. The van der Waals surface area contributed by atoms with E-state index in [4.69, 9.17) is 9.84 Å². The molecule has 5 unspecified atom stereocenters. The van der Waals surface area contributed by atoms with E-state index in [0.29, 0.717) is 18.4 Å². The van der Waals surface area contributed by atoms with Gasteiger partial charge >= 0.3 is 160 Å². The summed E-state index contributed by atoms with van der Waals surface area (Å²) in [5, 5.41) is 41.7. The van der Waals surface area contributed by atoms with Crippen molar-refractivity contribution in [3.8, 4) is 0 Å². The minimum absolute atomic E-state index is 0.0278. The van der Waals surface area contributed by atoms with Gasteiger partial charge in [-0.3, -0.25) is 0 Å². The first-order valence-electron chi connectivity index (χ1n) is 8.61. The average Bonchev–Trinajstić information content (AvgIpc) is 2.98. The molecule has 1 aliphatic rings. The van der Waals surface area contributed by atoms with Crippen LogP contribution < -0.4 is 10.9 Å². The molecule has 27 heavy (non-hydrogen) atoms. The molecule has 1 fully saturated rings. The average molecular weight is 445 g/mol. The maximum atomic E-state index is 12.3. The summed E-state index contributed by atoms with van der Waals surface area (Å²) in [7, 11) is 0. The van der Waals surface area contributed by atoms with Crippen molar-refractivity contribution in [2.75, 3.05) is 6.61 Å². The Morgan fingerprint density at radius 2 is 1.93 bits per heavy atom. The second-order valence-electron chi connectivity index (χ2n) is 6.42. The van der Waals surface area contributed by atoms with Crippen molar-refractivity contribution in [3.05, 3.63) is 34.6 Å². The first-order chi connectivity index (χ1) is 12.9. The van der Waals surface area contributed by atoms with Crippen molar-refractivity contribution in [3.63, 3.8) is 0 Å². The van der Waals surface area contributed by atoms with Gasteiger partial charge in [-0.2, -0.15) is 0 Å². The maximum absolute atomic E-state index is 12.3. The molecule has 1 aromatic carbocycles. The Labute approximate surface area is 160 Å². The number of aliphatic hydroxyl groups is 4. The van der Waals surface area contributed by atoms with Crippen LogP contribution in [-0.2, 0) is 16.1 Å². The second-order valence-corrected chi connectivity index (χ2v) is 8.65. The molecule has 2 aromatic rings. The Kier molecular flexibility index (Phi) is 6.48. The third-order valence-corrected chi connectivity index (χ3v) is 6.87. The van der Waals surface area contributed by atoms with Gasteiger partial charge in [0.25, 0.3) is 0 Å². The molecule has 1 saturated heterocycles. The number of hydrogen-bond donors (Lipinski definition) is 5. The number of ether oxygens (including phenoxy) is 1. The van der Waals surface area contributed by atoms with Crippen LogP contribution in [0.15, 0.2) is 29.1 Å². The predicted octanol–water partition coefficient (Wildman–Crippen LogP) is -2.25. The molecule has 10 heteroatoms. The molecule has 1 aliphatic heterocycles. The van der Waals surface area contributed by atoms with Crippen molar-refractivity contribution in [1.29, 1.82) is 0 Å². The van der Waals surface area contributed by atoms with Crippen LogP contribution in [0.2, 0.25) is 0 Å². The van der Waals surface area contributed by atoms with Crippen LogP contribution in [0, 0.1) is 0 Å². The van der Waals surface area contributed by atoms with Gasteiger partial charge in [0.05, 0.1) is 0 Å². The number of hydrogen-bond acceptors (Lipinski definition) is 7. The molecule has 5 atom stereocenters. The van der Waals surface area contributed by atoms with E-state index in [2.05, 4.69) is 5.32 Å². The number of nitrogens with one attached hydrogen (secondary N) is 1. The van der Waals surface area contributed by atoms with E-state index in [1.807, 2.05) is 18.2 Å². The molecule has 0 saturated carbocycles. The number of carbonyl (C=O) groups is 1. The van der Waals surface area contributed by atoms with Crippen molar-refractivity contribution in [2.24, 2.45) is 0 Å². The first-order valence-corrected chi connectivity index (χ1v) is 10.2. The quantitative estimate of drug-likeness (QED) is 0.317. The SMILES string of the molecule is O=C(CCCn1[se]c2ccccc2c1=O)NC1OC(CO)C(O)C(O)C1O. The molecule has 0 radical (unpaired) electrons. The number of amides is 1. The second kappa shape index (κ2) is 8.66. The summed E-state index contributed by atoms with van der Waals surface area (Å²) >= 11 is -0.0958. The molecule has 9 nitrogen and oxygen atoms in total. The zero-order valence-electron chi connectivity index (χ0n) is 14.4. The topological polar surface area (TPSA) is 141 Å². The number of aryl methyl sites for hydroxylation is 1. The zero-order chi connectivity index (χ0) is 19.6. The van der Waals surface area contributed by atoms with Gasteiger partial charge in [-0.05, 0) is 0 Å². The van der Waals surface area contributed by atoms with Crippen LogP contribution in [-0.4, -0.2) is 81.9 Å². The third kappa shape index (κ3) is 4.33. The summed E-state index contributed by atoms with van der Waals surface area (Å²) in [5.74, 6) is -0.420. The Bertz CT molecular complexity index is 849. The number of rotatable bonds is 6. The summed E-state index contributed by atoms with van der Waals surface area (Å²) < 4.78 is 8.00. The van der Waals surface area contributed by atoms with Gasteiger partial charge in [0, 0.05) is 0 Å². The third-order valence-electron chi connectivity index (χ3n) is 4.51. The van der Waals surface area contributed by atoms with E-state index >= 15 is 0 Å². The van der Waals surface area contributed by atoms with E-state index < -0.39 is 43.2 Å². The van der Waals surface area contributed by atoms with Gasteiger partial charge in [-0.15, -0.1) is 0 Å². The molecular formula is C17H22N2O7Se. The van der Waals surface area contributed by atoms with Gasteiger partial charge in [0.2, 0.25) is 0 Å². The number of carbonyl (C=O) groups excluding carboxylic acids is 1. The van der Waals surface area contributed by atoms with Gasteiger partial charge in [-0.25, -0.2) is 0 Å². The van der Waals surface area contributed by atoms with Crippen molar-refractivity contribution < 1.29 is 30.0 Å². The summed E-state index contributed by atoms with van der Waals surface area (Å²) in [6.07, 6.45) is -6.28. The monoisotopic (exact) mass is 446 g/mol. The number of fused-ring (bicyclic) bond motifs is 1. The molecule has 0 spiro atoms. The van der Waals surface area contributed by atoms with Gasteiger partial charge < -0.3 is 0 Å². The van der Waals surface area contributed by atoms with E-state index in [1.165, 1.54) is 0 Å². The fraction of sp³-hybridized carbons (Fsp3) is 0.529. The van der Waals surface area contributed by atoms with Gasteiger partial charge in [0.15, 0.2) is 0 Å². The van der Waals surface area contributed by atoms with E-state index in [9.17, 15) is 24.9 Å². The van der Waals surface area contributed by atoms with Crippen molar-refractivity contribution in [1.82, 2.24) is 8.88 Å². The van der Waals surface area contributed by atoms with Crippen LogP contribution in [0.25, 0.3) is 9.65 Å². The normalized spacial score (nSPS) is 28.4. The van der Waals surface area contributed by atoms with Crippen LogP contribution in [0.1, 0.15) is 12.8 Å². The number of benzene rings is 1. The zero-order valence-corrected chi connectivity index (χ0v) is 16.1. The summed E-state index contributed by atoms with van der Waals surface area (Å²) in [5.41, 5.74) is -0.0278. The van der Waals surface area contributed by atoms with Crippen molar-refractivity contribution in [2.45, 2.75) is 50.0 Å². The van der Waals surface area contributed by atoms with Crippen LogP contribution in [0.3, 0.4) is 0 Å². The standard InChI is InChI=1S/C17H22N2O7Se/c20-8-10-13(22)14(23)15(24)16(26-10)18-12(21)6-3-7-19-17(25)9-4-1-2-5-11(9)27-19/h1-2,4-5,10,13-16,20,22-24H,3,6-8H2,(H,18,21).